The van der Waals surface area contributed by atoms with Crippen LogP contribution in [0.2, 0.25) is 0 Å². The molecule has 3 aromatic rings. The smallest absolute Gasteiger partial charge is 0.251 e. The SMILES string of the molecule is CC(=O)Nc1ccc(C(=O)NCc2ccc3ncoc3c2)cc1. The summed E-state index contributed by atoms with van der Waals surface area (Å²) in [6.07, 6.45) is 1.39. The average molecular weight is 309 g/mol. The van der Waals surface area contributed by atoms with Gasteiger partial charge in [-0.3, -0.25) is 9.59 Å². The zero-order chi connectivity index (χ0) is 16.2. The van der Waals surface area contributed by atoms with E-state index in [1.165, 1.54) is 13.3 Å². The summed E-state index contributed by atoms with van der Waals surface area (Å²) in [5.41, 5.74) is 3.59. The largest absolute Gasteiger partial charge is 0.443 e. The molecule has 0 atom stereocenters. The maximum Gasteiger partial charge on any atom is 0.251 e. The van der Waals surface area contributed by atoms with Gasteiger partial charge < -0.3 is 15.1 Å². The molecule has 6 heteroatoms. The second kappa shape index (κ2) is 6.31. The maximum atomic E-state index is 12.1. The van der Waals surface area contributed by atoms with Crippen LogP contribution in [-0.2, 0) is 11.3 Å². The number of anilines is 1. The lowest BCUT2D eigenvalue weighted by Crippen LogP contribution is -2.22. The van der Waals surface area contributed by atoms with Crippen molar-refractivity contribution in [2.45, 2.75) is 13.5 Å². The molecule has 2 amide bonds. The van der Waals surface area contributed by atoms with E-state index in [1.54, 1.807) is 24.3 Å². The molecule has 0 saturated carbocycles. The summed E-state index contributed by atoms with van der Waals surface area (Å²) in [6.45, 7) is 1.83. The van der Waals surface area contributed by atoms with E-state index in [0.717, 1.165) is 11.1 Å². The fourth-order valence-corrected chi connectivity index (χ4v) is 2.20. The van der Waals surface area contributed by atoms with Crippen LogP contribution < -0.4 is 10.6 Å². The standard InChI is InChI=1S/C17H15N3O3/c1-11(21)20-14-5-3-13(4-6-14)17(22)18-9-12-2-7-15-16(8-12)23-10-19-15/h2-8,10H,9H2,1H3,(H,18,22)(H,20,21). The van der Waals surface area contributed by atoms with Crippen LogP contribution >= 0.6 is 0 Å². The summed E-state index contributed by atoms with van der Waals surface area (Å²) in [6, 6.07) is 12.3. The lowest BCUT2D eigenvalue weighted by molar-refractivity contribution is -0.114. The molecule has 0 fully saturated rings. The lowest BCUT2D eigenvalue weighted by atomic mass is 10.1. The Labute approximate surface area is 132 Å². The van der Waals surface area contributed by atoms with Crippen molar-refractivity contribution >= 4 is 28.6 Å². The zero-order valence-corrected chi connectivity index (χ0v) is 12.5. The van der Waals surface area contributed by atoms with Crippen molar-refractivity contribution in [3.8, 4) is 0 Å². The van der Waals surface area contributed by atoms with Crippen molar-refractivity contribution in [1.29, 1.82) is 0 Å². The minimum Gasteiger partial charge on any atom is -0.443 e. The number of amides is 2. The van der Waals surface area contributed by atoms with Crippen LogP contribution in [0.25, 0.3) is 11.1 Å². The van der Waals surface area contributed by atoms with Crippen molar-refractivity contribution in [3.63, 3.8) is 0 Å². The van der Waals surface area contributed by atoms with Crippen molar-refractivity contribution in [1.82, 2.24) is 10.3 Å². The fraction of sp³-hybridized carbons (Fsp3) is 0.118. The Hall–Kier alpha value is -3.15. The van der Waals surface area contributed by atoms with Gasteiger partial charge in [0.05, 0.1) is 0 Å². The number of fused-ring (bicyclic) bond motifs is 1. The molecule has 1 aromatic heterocycles. The molecule has 2 aromatic carbocycles. The Balaban J connectivity index is 1.63. The Kier molecular flexibility index (Phi) is 4.05. The quantitative estimate of drug-likeness (QED) is 0.776. The first kappa shape index (κ1) is 14.8. The number of aromatic nitrogens is 1. The number of hydrogen-bond donors (Lipinski definition) is 2. The molecule has 116 valence electrons. The molecule has 0 spiro atoms. The van der Waals surface area contributed by atoms with Crippen LogP contribution in [0, 0.1) is 0 Å². The van der Waals surface area contributed by atoms with Gasteiger partial charge in [-0.25, -0.2) is 4.98 Å². The highest BCUT2D eigenvalue weighted by Gasteiger charge is 2.07. The molecule has 0 saturated heterocycles. The number of rotatable bonds is 4. The topological polar surface area (TPSA) is 84.2 Å². The number of nitrogens with one attached hydrogen (secondary N) is 2. The molecule has 0 aliphatic rings. The van der Waals surface area contributed by atoms with Crippen LogP contribution in [0.3, 0.4) is 0 Å². The highest BCUT2D eigenvalue weighted by atomic mass is 16.3. The molecular weight excluding hydrogens is 294 g/mol. The minimum absolute atomic E-state index is 0.148. The summed E-state index contributed by atoms with van der Waals surface area (Å²) in [5.74, 6) is -0.331. The summed E-state index contributed by atoms with van der Waals surface area (Å²) in [7, 11) is 0. The van der Waals surface area contributed by atoms with Crippen molar-refractivity contribution in [3.05, 3.63) is 60.0 Å². The number of oxazole rings is 1. The first-order valence-electron chi connectivity index (χ1n) is 7.10. The van der Waals surface area contributed by atoms with Crippen molar-refractivity contribution in [2.75, 3.05) is 5.32 Å². The van der Waals surface area contributed by atoms with Gasteiger partial charge in [0.2, 0.25) is 5.91 Å². The van der Waals surface area contributed by atoms with Crippen LogP contribution in [0.4, 0.5) is 5.69 Å². The lowest BCUT2D eigenvalue weighted by Gasteiger charge is -2.07. The van der Waals surface area contributed by atoms with Crippen LogP contribution in [0.5, 0.6) is 0 Å². The van der Waals surface area contributed by atoms with Crippen LogP contribution in [0.15, 0.2) is 53.3 Å². The molecule has 1 heterocycles. The first-order chi connectivity index (χ1) is 11.1. The molecule has 2 N–H and O–H groups in total. The molecular formula is C17H15N3O3. The van der Waals surface area contributed by atoms with E-state index in [4.69, 9.17) is 4.42 Å². The first-order valence-corrected chi connectivity index (χ1v) is 7.10. The van der Waals surface area contributed by atoms with Gasteiger partial charge in [-0.05, 0) is 42.0 Å². The molecule has 0 unspecified atom stereocenters. The van der Waals surface area contributed by atoms with E-state index >= 15 is 0 Å². The summed E-state index contributed by atoms with van der Waals surface area (Å²) < 4.78 is 5.24. The maximum absolute atomic E-state index is 12.1. The predicted molar refractivity (Wildman–Crippen MR) is 85.9 cm³/mol. The molecule has 3 rings (SSSR count). The van der Waals surface area contributed by atoms with Crippen molar-refractivity contribution in [2.24, 2.45) is 0 Å². The van der Waals surface area contributed by atoms with Gasteiger partial charge in [-0.2, -0.15) is 0 Å². The van der Waals surface area contributed by atoms with E-state index in [9.17, 15) is 9.59 Å². The third-order valence-corrected chi connectivity index (χ3v) is 3.32. The molecule has 0 aliphatic carbocycles. The van der Waals surface area contributed by atoms with Crippen molar-refractivity contribution < 1.29 is 14.0 Å². The molecule has 6 nitrogen and oxygen atoms in total. The Morgan fingerprint density at radius 3 is 2.65 bits per heavy atom. The van der Waals surface area contributed by atoms with Gasteiger partial charge in [-0.15, -0.1) is 0 Å². The van der Waals surface area contributed by atoms with Crippen LogP contribution in [-0.4, -0.2) is 16.8 Å². The molecule has 0 bridgehead atoms. The number of carbonyl (C=O) groups excluding carboxylic acids is 2. The van der Waals surface area contributed by atoms with Gasteiger partial charge in [0.25, 0.3) is 5.91 Å². The third-order valence-electron chi connectivity index (χ3n) is 3.32. The summed E-state index contributed by atoms with van der Waals surface area (Å²) in [5, 5.41) is 5.50. The average Bonchev–Trinajstić information content (AvgIpc) is 3.00. The summed E-state index contributed by atoms with van der Waals surface area (Å²) >= 11 is 0. The van der Waals surface area contributed by atoms with Gasteiger partial charge in [-0.1, -0.05) is 6.07 Å². The third kappa shape index (κ3) is 3.55. The second-order valence-corrected chi connectivity index (χ2v) is 5.10. The van der Waals surface area contributed by atoms with Crippen LogP contribution in [0.1, 0.15) is 22.8 Å². The van der Waals surface area contributed by atoms with Gasteiger partial charge in [0.15, 0.2) is 12.0 Å². The van der Waals surface area contributed by atoms with E-state index in [-0.39, 0.29) is 11.8 Å². The molecule has 23 heavy (non-hydrogen) atoms. The van der Waals surface area contributed by atoms with E-state index in [0.29, 0.717) is 23.4 Å². The van der Waals surface area contributed by atoms with Gasteiger partial charge in [0, 0.05) is 24.7 Å². The molecule has 0 radical (unpaired) electrons. The number of carbonyl (C=O) groups is 2. The second-order valence-electron chi connectivity index (χ2n) is 5.10. The highest BCUT2D eigenvalue weighted by Crippen LogP contribution is 2.14. The monoisotopic (exact) mass is 309 g/mol. The zero-order valence-electron chi connectivity index (χ0n) is 12.5. The van der Waals surface area contributed by atoms with E-state index in [2.05, 4.69) is 15.6 Å². The number of benzene rings is 2. The number of hydrogen-bond acceptors (Lipinski definition) is 4. The highest BCUT2D eigenvalue weighted by molar-refractivity contribution is 5.95. The Morgan fingerprint density at radius 2 is 1.91 bits per heavy atom. The summed E-state index contributed by atoms with van der Waals surface area (Å²) in [4.78, 5) is 27.1. The molecule has 0 aliphatic heterocycles. The number of nitrogens with zero attached hydrogens (tertiary/aromatic N) is 1. The Bertz CT molecular complexity index is 853. The normalized spacial score (nSPS) is 10.5. The van der Waals surface area contributed by atoms with Gasteiger partial charge >= 0.3 is 0 Å². The fourth-order valence-electron chi connectivity index (χ4n) is 2.20. The predicted octanol–water partition coefficient (Wildman–Crippen LogP) is 2.72. The minimum atomic E-state index is -0.183. The van der Waals surface area contributed by atoms with Gasteiger partial charge in [0.1, 0.15) is 5.52 Å². The van der Waals surface area contributed by atoms with E-state index < -0.39 is 0 Å². The van der Waals surface area contributed by atoms with E-state index in [1.807, 2.05) is 18.2 Å². The Morgan fingerprint density at radius 1 is 1.13 bits per heavy atom.